The fourth-order valence-corrected chi connectivity index (χ4v) is 4.13. The van der Waals surface area contributed by atoms with Gasteiger partial charge in [-0.15, -0.1) is 0 Å². The van der Waals surface area contributed by atoms with E-state index < -0.39 is 0 Å². The molecule has 1 atom stereocenters. The Morgan fingerprint density at radius 2 is 2.00 bits per heavy atom. The van der Waals surface area contributed by atoms with E-state index in [4.69, 9.17) is 14.2 Å². The Hall–Kier alpha value is -1.72. The van der Waals surface area contributed by atoms with Gasteiger partial charge in [-0.05, 0) is 76.8 Å². The topological polar surface area (TPSA) is 30.9 Å². The Balaban J connectivity index is 1.67. The first-order valence-electron chi connectivity index (χ1n) is 8.11. The van der Waals surface area contributed by atoms with Crippen LogP contribution in [0.2, 0.25) is 0 Å². The van der Waals surface area contributed by atoms with Gasteiger partial charge in [-0.2, -0.15) is 0 Å². The van der Waals surface area contributed by atoms with Crippen molar-refractivity contribution in [3.63, 3.8) is 0 Å². The van der Waals surface area contributed by atoms with Crippen LogP contribution in [-0.4, -0.2) is 32.4 Å². The monoisotopic (exact) mass is 389 g/mol. The Kier molecular flexibility index (Phi) is 4.14. The van der Waals surface area contributed by atoms with E-state index in [0.29, 0.717) is 12.8 Å². The van der Waals surface area contributed by atoms with Gasteiger partial charge in [-0.25, -0.2) is 0 Å². The van der Waals surface area contributed by atoms with E-state index in [1.807, 2.05) is 6.07 Å². The number of ether oxygens (including phenoxy) is 3. The highest BCUT2D eigenvalue weighted by molar-refractivity contribution is 9.10. The molecule has 4 nitrogen and oxygen atoms in total. The van der Waals surface area contributed by atoms with Gasteiger partial charge >= 0.3 is 0 Å². The van der Waals surface area contributed by atoms with Gasteiger partial charge in [-0.3, -0.25) is 4.90 Å². The molecule has 2 aromatic carbocycles. The summed E-state index contributed by atoms with van der Waals surface area (Å²) in [7, 11) is 3.88. The maximum Gasteiger partial charge on any atom is 0.231 e. The van der Waals surface area contributed by atoms with Gasteiger partial charge in [0, 0.05) is 12.6 Å². The number of hydrogen-bond acceptors (Lipinski definition) is 4. The molecule has 0 N–H and O–H groups in total. The summed E-state index contributed by atoms with van der Waals surface area (Å²) in [5.74, 6) is 2.61. The van der Waals surface area contributed by atoms with Gasteiger partial charge in [0.25, 0.3) is 0 Å². The molecule has 0 aliphatic carbocycles. The zero-order chi connectivity index (χ0) is 16.7. The van der Waals surface area contributed by atoms with Crippen LogP contribution in [0.5, 0.6) is 17.2 Å². The minimum Gasteiger partial charge on any atom is -0.496 e. The lowest BCUT2D eigenvalue weighted by molar-refractivity contribution is 0.174. The van der Waals surface area contributed by atoms with Gasteiger partial charge in [0.1, 0.15) is 5.75 Å². The number of fused-ring (bicyclic) bond motifs is 2. The summed E-state index contributed by atoms with van der Waals surface area (Å²) in [6.45, 7) is 1.37. The van der Waals surface area contributed by atoms with Gasteiger partial charge in [-0.1, -0.05) is 6.07 Å². The standard InChI is InChI=1S/C19H20BrNO3/c1-21-6-5-13-9-18-19(24-11-23-18)10-14(13)16(21)8-12-3-4-17(22-2)15(20)7-12/h3-4,7,9-10,16H,5-6,8,11H2,1-2H3. The molecular formula is C19H20BrNO3. The van der Waals surface area contributed by atoms with E-state index >= 15 is 0 Å². The first-order valence-corrected chi connectivity index (χ1v) is 8.90. The molecule has 0 radical (unpaired) electrons. The minimum absolute atomic E-state index is 0.324. The predicted octanol–water partition coefficient (Wildman–Crippen LogP) is 3.96. The van der Waals surface area contributed by atoms with Crippen LogP contribution in [0.3, 0.4) is 0 Å². The summed E-state index contributed by atoms with van der Waals surface area (Å²) in [5, 5.41) is 0. The molecule has 2 heterocycles. The lowest BCUT2D eigenvalue weighted by Gasteiger charge is -2.35. The SMILES string of the molecule is COc1ccc(CC2c3cc4c(cc3CCN2C)OCO4)cc1Br. The maximum absolute atomic E-state index is 5.58. The van der Waals surface area contributed by atoms with Crippen molar-refractivity contribution in [2.75, 3.05) is 27.5 Å². The van der Waals surface area contributed by atoms with Crippen LogP contribution in [0.15, 0.2) is 34.8 Å². The third-order valence-corrected chi connectivity index (χ3v) is 5.52. The second-order valence-electron chi connectivity index (χ2n) is 6.32. The quantitative estimate of drug-likeness (QED) is 0.794. The summed E-state index contributed by atoms with van der Waals surface area (Å²) in [4.78, 5) is 2.42. The highest BCUT2D eigenvalue weighted by Crippen LogP contribution is 2.41. The van der Waals surface area contributed by atoms with Gasteiger partial charge in [0.2, 0.25) is 6.79 Å². The van der Waals surface area contributed by atoms with Gasteiger partial charge in [0.05, 0.1) is 11.6 Å². The second-order valence-corrected chi connectivity index (χ2v) is 7.18. The van der Waals surface area contributed by atoms with Crippen molar-refractivity contribution in [3.8, 4) is 17.2 Å². The molecule has 0 bridgehead atoms. The molecule has 24 heavy (non-hydrogen) atoms. The van der Waals surface area contributed by atoms with Crippen LogP contribution in [0.4, 0.5) is 0 Å². The van der Waals surface area contributed by atoms with E-state index in [1.54, 1.807) is 7.11 Å². The van der Waals surface area contributed by atoms with Crippen LogP contribution < -0.4 is 14.2 Å². The molecule has 126 valence electrons. The van der Waals surface area contributed by atoms with Crippen LogP contribution in [0.25, 0.3) is 0 Å². The molecule has 2 aliphatic heterocycles. The van der Waals surface area contributed by atoms with Gasteiger partial charge in [0.15, 0.2) is 11.5 Å². The highest BCUT2D eigenvalue weighted by Gasteiger charge is 2.28. The number of methoxy groups -OCH3 is 1. The van der Waals surface area contributed by atoms with E-state index in [0.717, 1.165) is 41.1 Å². The number of nitrogens with zero attached hydrogens (tertiary/aromatic N) is 1. The normalized spacial score (nSPS) is 19.2. The molecule has 0 amide bonds. The van der Waals surface area contributed by atoms with E-state index in [-0.39, 0.29) is 0 Å². The molecular weight excluding hydrogens is 370 g/mol. The molecule has 4 rings (SSSR count). The fourth-order valence-electron chi connectivity index (χ4n) is 3.54. The van der Waals surface area contributed by atoms with Crippen molar-refractivity contribution >= 4 is 15.9 Å². The molecule has 5 heteroatoms. The van der Waals surface area contributed by atoms with E-state index in [9.17, 15) is 0 Å². The van der Waals surface area contributed by atoms with Gasteiger partial charge < -0.3 is 14.2 Å². The Bertz CT molecular complexity index is 777. The zero-order valence-electron chi connectivity index (χ0n) is 13.8. The summed E-state index contributed by atoms with van der Waals surface area (Å²) in [6.07, 6.45) is 2.00. The Morgan fingerprint density at radius 3 is 2.75 bits per heavy atom. The highest BCUT2D eigenvalue weighted by atomic mass is 79.9. The second kappa shape index (κ2) is 6.30. The van der Waals surface area contributed by atoms with Crippen molar-refractivity contribution in [3.05, 3.63) is 51.5 Å². The third-order valence-electron chi connectivity index (χ3n) is 4.90. The number of halogens is 1. The van der Waals surface area contributed by atoms with Crippen molar-refractivity contribution in [2.45, 2.75) is 18.9 Å². The molecule has 0 saturated carbocycles. The van der Waals surface area contributed by atoms with Crippen molar-refractivity contribution in [1.82, 2.24) is 4.90 Å². The van der Waals surface area contributed by atoms with Crippen molar-refractivity contribution < 1.29 is 14.2 Å². The Morgan fingerprint density at radius 1 is 1.21 bits per heavy atom. The average molecular weight is 390 g/mol. The minimum atomic E-state index is 0.324. The van der Waals surface area contributed by atoms with Crippen molar-refractivity contribution in [2.24, 2.45) is 0 Å². The predicted molar refractivity (Wildman–Crippen MR) is 96.0 cm³/mol. The van der Waals surface area contributed by atoms with E-state index in [2.05, 4.69) is 52.1 Å². The zero-order valence-corrected chi connectivity index (χ0v) is 15.4. The molecule has 1 unspecified atom stereocenters. The first kappa shape index (κ1) is 15.8. The summed E-state index contributed by atoms with van der Waals surface area (Å²) in [5.41, 5.74) is 4.00. The van der Waals surface area contributed by atoms with E-state index in [1.165, 1.54) is 16.7 Å². The average Bonchev–Trinajstić information content (AvgIpc) is 3.03. The maximum atomic E-state index is 5.58. The third kappa shape index (κ3) is 2.76. The molecule has 0 aromatic heterocycles. The number of hydrogen-bond donors (Lipinski definition) is 0. The summed E-state index contributed by atoms with van der Waals surface area (Å²) >= 11 is 3.58. The lowest BCUT2D eigenvalue weighted by atomic mass is 9.88. The molecule has 0 fully saturated rings. The first-order chi connectivity index (χ1) is 11.7. The molecule has 2 aromatic rings. The molecule has 2 aliphatic rings. The van der Waals surface area contributed by atoms with Crippen molar-refractivity contribution in [1.29, 1.82) is 0 Å². The van der Waals surface area contributed by atoms with Crippen LogP contribution in [0, 0.1) is 0 Å². The number of benzene rings is 2. The van der Waals surface area contributed by atoms with Crippen LogP contribution in [-0.2, 0) is 12.8 Å². The number of rotatable bonds is 3. The molecule has 0 saturated heterocycles. The number of likely N-dealkylation sites (N-methyl/N-ethyl adjacent to an activating group) is 1. The fraction of sp³-hybridized carbons (Fsp3) is 0.368. The van der Waals surface area contributed by atoms with Crippen LogP contribution >= 0.6 is 15.9 Å². The smallest absolute Gasteiger partial charge is 0.231 e. The summed E-state index contributed by atoms with van der Waals surface area (Å²) < 4.78 is 17.4. The lowest BCUT2D eigenvalue weighted by Crippen LogP contribution is -2.33. The summed E-state index contributed by atoms with van der Waals surface area (Å²) in [6, 6.07) is 11.0. The Labute approximate surface area is 150 Å². The molecule has 0 spiro atoms. The van der Waals surface area contributed by atoms with Crippen LogP contribution in [0.1, 0.15) is 22.7 Å². The largest absolute Gasteiger partial charge is 0.496 e.